The van der Waals surface area contributed by atoms with Gasteiger partial charge in [-0.1, -0.05) is 51.3 Å². The van der Waals surface area contributed by atoms with Gasteiger partial charge < -0.3 is 10.2 Å². The molecule has 144 valence electrons. The minimum atomic E-state index is -0.376. The number of unbranched alkanes of at least 4 members (excludes halogenated alkanes) is 2. The van der Waals surface area contributed by atoms with E-state index in [1.54, 1.807) is 11.8 Å². The van der Waals surface area contributed by atoms with E-state index in [2.05, 4.69) is 26.1 Å². The molecule has 2 rings (SSSR count). The van der Waals surface area contributed by atoms with E-state index in [1.807, 2.05) is 36.1 Å². The lowest BCUT2D eigenvalue weighted by Crippen LogP contribution is -2.50. The summed E-state index contributed by atoms with van der Waals surface area (Å²) in [6.07, 6.45) is 4.14. The van der Waals surface area contributed by atoms with E-state index in [1.165, 1.54) is 0 Å². The Hall–Kier alpha value is -1.49. The van der Waals surface area contributed by atoms with Gasteiger partial charge in [-0.2, -0.15) is 0 Å². The minimum Gasteiger partial charge on any atom is -0.354 e. The van der Waals surface area contributed by atoms with Gasteiger partial charge in [0.25, 0.3) is 5.91 Å². The molecule has 0 saturated carbocycles. The van der Waals surface area contributed by atoms with Crippen molar-refractivity contribution in [2.24, 2.45) is 5.92 Å². The fraction of sp³-hybridized carbons (Fsp3) is 0.619. The number of hydrogen-bond donors (Lipinski definition) is 1. The molecule has 0 aromatic heterocycles. The minimum absolute atomic E-state index is 0.0131. The maximum absolute atomic E-state index is 13.2. The van der Waals surface area contributed by atoms with Crippen LogP contribution in [0, 0.1) is 12.8 Å². The second-order valence-corrected chi connectivity index (χ2v) is 8.72. The summed E-state index contributed by atoms with van der Waals surface area (Å²) in [4.78, 5) is 27.8. The van der Waals surface area contributed by atoms with E-state index in [0.29, 0.717) is 23.8 Å². The largest absolute Gasteiger partial charge is 0.354 e. The molecule has 2 atom stereocenters. The van der Waals surface area contributed by atoms with Crippen molar-refractivity contribution in [3.8, 4) is 0 Å². The summed E-state index contributed by atoms with van der Waals surface area (Å²) in [6.45, 7) is 9.14. The lowest BCUT2D eigenvalue weighted by atomic mass is 10.1. The predicted octanol–water partition coefficient (Wildman–Crippen LogP) is 4.23. The Morgan fingerprint density at radius 1 is 1.31 bits per heavy atom. The first-order valence-corrected chi connectivity index (χ1v) is 10.8. The van der Waals surface area contributed by atoms with E-state index >= 15 is 0 Å². The highest BCUT2D eigenvalue weighted by atomic mass is 32.2. The monoisotopic (exact) mass is 376 g/mol. The smallest absolute Gasteiger partial charge is 0.255 e. The van der Waals surface area contributed by atoms with Gasteiger partial charge in [-0.3, -0.25) is 9.59 Å². The number of hydrogen-bond acceptors (Lipinski definition) is 3. The Balaban J connectivity index is 2.15. The molecule has 1 saturated heterocycles. The average Bonchev–Trinajstić information content (AvgIpc) is 3.00. The van der Waals surface area contributed by atoms with Crippen LogP contribution < -0.4 is 5.32 Å². The Morgan fingerprint density at radius 2 is 2.08 bits per heavy atom. The van der Waals surface area contributed by atoms with Crippen molar-refractivity contribution in [1.29, 1.82) is 0 Å². The first kappa shape index (κ1) is 20.8. The molecule has 1 aromatic rings. The summed E-state index contributed by atoms with van der Waals surface area (Å²) < 4.78 is 0. The third-order valence-electron chi connectivity index (χ3n) is 4.65. The third kappa shape index (κ3) is 5.50. The van der Waals surface area contributed by atoms with E-state index in [0.717, 1.165) is 31.2 Å². The standard InChI is InChI=1S/C21H32N2O2S/c1-5-6-7-11-22-20(24)18-14-26-19(12-15(2)3)23(18)21(25)17-10-8-9-16(4)13-17/h8-10,13,15,18-19H,5-7,11-12,14H2,1-4H3,(H,22,24). The second-order valence-electron chi connectivity index (χ2n) is 7.51. The number of aryl methyl sites for hydroxylation is 1. The van der Waals surface area contributed by atoms with Crippen molar-refractivity contribution in [1.82, 2.24) is 10.2 Å². The van der Waals surface area contributed by atoms with Crippen LogP contribution in [0.15, 0.2) is 24.3 Å². The number of carbonyl (C=O) groups is 2. The number of nitrogens with one attached hydrogen (secondary N) is 1. The van der Waals surface area contributed by atoms with Gasteiger partial charge in [0, 0.05) is 17.9 Å². The van der Waals surface area contributed by atoms with Crippen LogP contribution in [0.1, 0.15) is 62.4 Å². The zero-order valence-electron chi connectivity index (χ0n) is 16.5. The van der Waals surface area contributed by atoms with E-state index in [4.69, 9.17) is 0 Å². The van der Waals surface area contributed by atoms with Crippen LogP contribution in [0.2, 0.25) is 0 Å². The predicted molar refractivity (Wildman–Crippen MR) is 109 cm³/mol. The molecule has 2 unspecified atom stereocenters. The Labute approximate surface area is 162 Å². The molecule has 5 heteroatoms. The van der Waals surface area contributed by atoms with Gasteiger partial charge in [0.15, 0.2) is 0 Å². The lowest BCUT2D eigenvalue weighted by Gasteiger charge is -2.30. The summed E-state index contributed by atoms with van der Waals surface area (Å²) in [7, 11) is 0. The maximum Gasteiger partial charge on any atom is 0.255 e. The van der Waals surface area contributed by atoms with E-state index in [-0.39, 0.29) is 23.2 Å². The Morgan fingerprint density at radius 3 is 2.73 bits per heavy atom. The molecule has 1 aliphatic heterocycles. The molecule has 1 heterocycles. The van der Waals surface area contributed by atoms with Crippen molar-refractivity contribution < 1.29 is 9.59 Å². The second kappa shape index (κ2) is 10.0. The van der Waals surface area contributed by atoms with Gasteiger partial charge in [-0.15, -0.1) is 11.8 Å². The lowest BCUT2D eigenvalue weighted by molar-refractivity contribution is -0.124. The zero-order chi connectivity index (χ0) is 19.1. The highest BCUT2D eigenvalue weighted by molar-refractivity contribution is 8.00. The van der Waals surface area contributed by atoms with Crippen LogP contribution in [0.4, 0.5) is 0 Å². The maximum atomic E-state index is 13.2. The average molecular weight is 377 g/mol. The van der Waals surface area contributed by atoms with Crippen LogP contribution in [0.5, 0.6) is 0 Å². The molecule has 0 bridgehead atoms. The number of benzene rings is 1. The van der Waals surface area contributed by atoms with Gasteiger partial charge in [0.1, 0.15) is 6.04 Å². The topological polar surface area (TPSA) is 49.4 Å². The van der Waals surface area contributed by atoms with Crippen LogP contribution in [0.25, 0.3) is 0 Å². The fourth-order valence-electron chi connectivity index (χ4n) is 3.25. The molecule has 0 aliphatic carbocycles. The number of amides is 2. The quantitative estimate of drug-likeness (QED) is 0.691. The van der Waals surface area contributed by atoms with E-state index < -0.39 is 0 Å². The highest BCUT2D eigenvalue weighted by Crippen LogP contribution is 2.34. The first-order valence-electron chi connectivity index (χ1n) is 9.72. The van der Waals surface area contributed by atoms with Gasteiger partial charge >= 0.3 is 0 Å². The fourth-order valence-corrected chi connectivity index (χ4v) is 4.89. The van der Waals surface area contributed by atoms with Crippen LogP contribution in [-0.4, -0.2) is 40.4 Å². The highest BCUT2D eigenvalue weighted by Gasteiger charge is 2.41. The summed E-state index contributed by atoms with van der Waals surface area (Å²) in [5.41, 5.74) is 1.73. The Bertz CT molecular complexity index is 618. The van der Waals surface area contributed by atoms with Crippen molar-refractivity contribution >= 4 is 23.6 Å². The summed E-state index contributed by atoms with van der Waals surface area (Å²) >= 11 is 1.73. The SMILES string of the molecule is CCCCCNC(=O)C1CSC(CC(C)C)N1C(=O)c1cccc(C)c1. The van der Waals surface area contributed by atoms with Crippen molar-refractivity contribution in [2.45, 2.75) is 64.8 Å². The van der Waals surface area contributed by atoms with Gasteiger partial charge in [-0.25, -0.2) is 0 Å². The van der Waals surface area contributed by atoms with Gasteiger partial charge in [0.2, 0.25) is 5.91 Å². The molecular formula is C21H32N2O2S. The van der Waals surface area contributed by atoms with Gasteiger partial charge in [0.05, 0.1) is 5.37 Å². The van der Waals surface area contributed by atoms with E-state index in [9.17, 15) is 9.59 Å². The molecule has 0 radical (unpaired) electrons. The molecule has 1 aliphatic rings. The molecule has 0 spiro atoms. The molecule has 1 N–H and O–H groups in total. The molecular weight excluding hydrogens is 344 g/mol. The van der Waals surface area contributed by atoms with Crippen LogP contribution in [-0.2, 0) is 4.79 Å². The number of carbonyl (C=O) groups excluding carboxylic acids is 2. The normalized spacial score (nSPS) is 19.8. The first-order chi connectivity index (χ1) is 12.4. The molecule has 2 amide bonds. The Kier molecular flexibility index (Phi) is 8.01. The molecule has 4 nitrogen and oxygen atoms in total. The van der Waals surface area contributed by atoms with Crippen LogP contribution >= 0.6 is 11.8 Å². The zero-order valence-corrected chi connectivity index (χ0v) is 17.3. The third-order valence-corrected chi connectivity index (χ3v) is 5.96. The summed E-state index contributed by atoms with van der Waals surface area (Å²) in [5.74, 6) is 1.11. The van der Waals surface area contributed by atoms with Crippen molar-refractivity contribution in [2.75, 3.05) is 12.3 Å². The number of rotatable bonds is 8. The van der Waals surface area contributed by atoms with Crippen molar-refractivity contribution in [3.05, 3.63) is 35.4 Å². The van der Waals surface area contributed by atoms with Crippen molar-refractivity contribution in [3.63, 3.8) is 0 Å². The number of nitrogens with zero attached hydrogens (tertiary/aromatic N) is 1. The summed E-state index contributed by atoms with van der Waals surface area (Å²) in [6, 6.07) is 7.27. The molecule has 26 heavy (non-hydrogen) atoms. The molecule has 1 fully saturated rings. The summed E-state index contributed by atoms with van der Waals surface area (Å²) in [5, 5.41) is 3.10. The van der Waals surface area contributed by atoms with Crippen LogP contribution in [0.3, 0.4) is 0 Å². The number of thioether (sulfide) groups is 1. The van der Waals surface area contributed by atoms with Gasteiger partial charge in [-0.05, 0) is 37.8 Å². The molecule has 1 aromatic carbocycles.